The van der Waals surface area contributed by atoms with Crippen LogP contribution in [0, 0.1) is 0 Å². The number of aliphatic hydroxyl groups is 1. The minimum Gasteiger partial charge on any atom is -0.385 e. The second kappa shape index (κ2) is 4.74. The summed E-state index contributed by atoms with van der Waals surface area (Å²) in [7, 11) is 0. The molecule has 0 bridgehead atoms. The molecule has 1 aliphatic heterocycles. The summed E-state index contributed by atoms with van der Waals surface area (Å²) in [5.41, 5.74) is 0.551. The van der Waals surface area contributed by atoms with Gasteiger partial charge >= 0.3 is 0 Å². The van der Waals surface area contributed by atoms with Crippen molar-refractivity contribution >= 4 is 0 Å². The molecule has 1 fully saturated rings. The highest BCUT2D eigenvalue weighted by Gasteiger charge is 2.38. The van der Waals surface area contributed by atoms with E-state index in [-0.39, 0.29) is 5.54 Å². The number of hydrogen-bond donors (Lipinski definition) is 1. The van der Waals surface area contributed by atoms with Crippen molar-refractivity contribution in [2.75, 3.05) is 13.1 Å². The van der Waals surface area contributed by atoms with Crippen LogP contribution in [0.4, 0.5) is 0 Å². The van der Waals surface area contributed by atoms with Crippen LogP contribution >= 0.6 is 0 Å². The summed E-state index contributed by atoms with van der Waals surface area (Å²) in [5.74, 6) is 0. The Hall–Kier alpha value is -0.940. The van der Waals surface area contributed by atoms with Gasteiger partial charge in [-0.1, -0.05) is 5.21 Å². The Morgan fingerprint density at radius 1 is 1.41 bits per heavy atom. The van der Waals surface area contributed by atoms with Gasteiger partial charge in [0.2, 0.25) is 0 Å². The number of rotatable bonds is 4. The van der Waals surface area contributed by atoms with E-state index in [0.29, 0.717) is 0 Å². The maximum absolute atomic E-state index is 10.6. The largest absolute Gasteiger partial charge is 0.385 e. The van der Waals surface area contributed by atoms with Gasteiger partial charge in [-0.05, 0) is 46.7 Å². The van der Waals surface area contributed by atoms with Gasteiger partial charge in [0, 0.05) is 12.1 Å². The van der Waals surface area contributed by atoms with Crippen molar-refractivity contribution in [3.8, 4) is 0 Å². The molecule has 0 aromatic carbocycles. The van der Waals surface area contributed by atoms with Crippen LogP contribution in [0.1, 0.15) is 45.4 Å². The predicted octanol–water partition coefficient (Wildman–Crippen LogP) is 1.21. The van der Waals surface area contributed by atoms with Gasteiger partial charge in [0.1, 0.15) is 6.10 Å². The Balaban J connectivity index is 2.20. The normalized spacial score (nSPS) is 19.8. The minimum absolute atomic E-state index is 0.259. The zero-order chi connectivity index (χ0) is 12.5. The van der Waals surface area contributed by atoms with Crippen LogP contribution in [0.3, 0.4) is 0 Å². The molecule has 0 amide bonds. The van der Waals surface area contributed by atoms with Crippen LogP contribution in [-0.4, -0.2) is 43.6 Å². The van der Waals surface area contributed by atoms with E-state index >= 15 is 0 Å². The van der Waals surface area contributed by atoms with Gasteiger partial charge in [-0.15, -0.1) is 5.10 Å². The summed E-state index contributed by atoms with van der Waals surface area (Å²) in [6.07, 6.45) is 3.57. The van der Waals surface area contributed by atoms with Crippen molar-refractivity contribution in [3.05, 3.63) is 11.9 Å². The molecule has 2 rings (SSSR count). The summed E-state index contributed by atoms with van der Waals surface area (Å²) in [6.45, 7) is 9.07. The molecule has 5 nitrogen and oxygen atoms in total. The van der Waals surface area contributed by atoms with Crippen molar-refractivity contribution in [2.24, 2.45) is 0 Å². The molecule has 1 saturated heterocycles. The maximum Gasteiger partial charge on any atom is 0.115 e. The van der Waals surface area contributed by atoms with Crippen LogP contribution in [0.25, 0.3) is 0 Å². The highest BCUT2D eigenvalue weighted by atomic mass is 16.3. The average Bonchev–Trinajstić information content (AvgIpc) is 2.98. The fourth-order valence-electron chi connectivity index (χ4n) is 2.55. The van der Waals surface area contributed by atoms with Crippen LogP contribution in [0.5, 0.6) is 0 Å². The van der Waals surface area contributed by atoms with Gasteiger partial charge in [-0.3, -0.25) is 4.90 Å². The Bertz CT molecular complexity index is 368. The van der Waals surface area contributed by atoms with E-state index in [0.717, 1.165) is 25.3 Å². The molecule has 2 heterocycles. The Morgan fingerprint density at radius 3 is 2.65 bits per heavy atom. The summed E-state index contributed by atoms with van der Waals surface area (Å²) in [4.78, 5) is 2.35. The highest BCUT2D eigenvalue weighted by molar-refractivity contribution is 5.08. The van der Waals surface area contributed by atoms with E-state index in [9.17, 15) is 5.11 Å². The van der Waals surface area contributed by atoms with Crippen LogP contribution < -0.4 is 0 Å². The Labute approximate surface area is 102 Å². The average molecular weight is 238 g/mol. The molecule has 1 unspecified atom stereocenters. The molecule has 1 aromatic rings. The van der Waals surface area contributed by atoms with Crippen LogP contribution in [-0.2, 0) is 6.54 Å². The van der Waals surface area contributed by atoms with Crippen molar-refractivity contribution < 1.29 is 5.11 Å². The molecule has 0 saturated carbocycles. The number of aryl methyl sites for hydroxylation is 1. The van der Waals surface area contributed by atoms with Gasteiger partial charge in [0.25, 0.3) is 0 Å². The van der Waals surface area contributed by atoms with Crippen LogP contribution in [0.15, 0.2) is 6.20 Å². The first-order valence-electron chi connectivity index (χ1n) is 6.39. The third kappa shape index (κ3) is 2.21. The summed E-state index contributed by atoms with van der Waals surface area (Å²) >= 11 is 0. The van der Waals surface area contributed by atoms with Gasteiger partial charge in [0.05, 0.1) is 11.9 Å². The zero-order valence-corrected chi connectivity index (χ0v) is 10.9. The molecule has 5 heteroatoms. The van der Waals surface area contributed by atoms with E-state index in [2.05, 4.69) is 29.1 Å². The molecule has 1 atom stereocenters. The van der Waals surface area contributed by atoms with Gasteiger partial charge < -0.3 is 5.11 Å². The molecule has 1 aliphatic rings. The van der Waals surface area contributed by atoms with Crippen molar-refractivity contribution in [1.82, 2.24) is 19.9 Å². The second-order valence-electron chi connectivity index (χ2n) is 5.22. The number of hydrogen-bond acceptors (Lipinski definition) is 4. The Kier molecular flexibility index (Phi) is 3.49. The molecule has 1 N–H and O–H groups in total. The lowest BCUT2D eigenvalue weighted by Crippen LogP contribution is -2.47. The standard InChI is InChI=1S/C12H22N4O/c1-4-16-10(9-13-14-16)11(17)12(2,3)15-7-5-6-8-15/h9,11,17H,4-8H2,1-3H3. The number of aromatic nitrogens is 3. The van der Waals surface area contributed by atoms with Gasteiger partial charge in [-0.25, -0.2) is 4.68 Å². The SMILES string of the molecule is CCn1nncc1C(O)C(C)(C)N1CCCC1. The summed E-state index contributed by atoms with van der Waals surface area (Å²) in [6, 6.07) is 0. The molecule has 17 heavy (non-hydrogen) atoms. The third-order valence-corrected chi connectivity index (χ3v) is 3.82. The smallest absolute Gasteiger partial charge is 0.115 e. The topological polar surface area (TPSA) is 54.2 Å². The Morgan fingerprint density at radius 2 is 2.06 bits per heavy atom. The lowest BCUT2D eigenvalue weighted by Gasteiger charge is -2.39. The van der Waals surface area contributed by atoms with Crippen LogP contribution in [0.2, 0.25) is 0 Å². The number of nitrogens with zero attached hydrogens (tertiary/aromatic N) is 4. The molecular formula is C12H22N4O. The van der Waals surface area contributed by atoms with Crippen molar-refractivity contribution in [1.29, 1.82) is 0 Å². The number of likely N-dealkylation sites (tertiary alicyclic amines) is 1. The van der Waals surface area contributed by atoms with Gasteiger partial charge in [0.15, 0.2) is 0 Å². The molecule has 0 spiro atoms. The van der Waals surface area contributed by atoms with E-state index < -0.39 is 6.10 Å². The lowest BCUT2D eigenvalue weighted by atomic mass is 9.93. The molecule has 1 aromatic heterocycles. The van der Waals surface area contributed by atoms with Crippen molar-refractivity contribution in [2.45, 2.75) is 51.8 Å². The van der Waals surface area contributed by atoms with E-state index in [1.807, 2.05) is 6.92 Å². The van der Waals surface area contributed by atoms with Gasteiger partial charge in [-0.2, -0.15) is 0 Å². The molecule has 96 valence electrons. The molecular weight excluding hydrogens is 216 g/mol. The third-order valence-electron chi connectivity index (χ3n) is 3.82. The quantitative estimate of drug-likeness (QED) is 0.856. The fourth-order valence-corrected chi connectivity index (χ4v) is 2.55. The first kappa shape index (κ1) is 12.5. The van der Waals surface area contributed by atoms with Crippen molar-refractivity contribution in [3.63, 3.8) is 0 Å². The summed E-state index contributed by atoms with van der Waals surface area (Å²) in [5, 5.41) is 18.4. The maximum atomic E-state index is 10.6. The van der Waals surface area contributed by atoms with E-state index in [1.54, 1.807) is 10.9 Å². The number of aliphatic hydroxyl groups excluding tert-OH is 1. The van der Waals surface area contributed by atoms with E-state index in [1.165, 1.54) is 12.8 Å². The first-order chi connectivity index (χ1) is 8.07. The minimum atomic E-state index is -0.546. The predicted molar refractivity (Wildman–Crippen MR) is 65.5 cm³/mol. The zero-order valence-electron chi connectivity index (χ0n) is 10.9. The monoisotopic (exact) mass is 238 g/mol. The summed E-state index contributed by atoms with van der Waals surface area (Å²) < 4.78 is 1.77. The first-order valence-corrected chi connectivity index (χ1v) is 6.39. The molecule has 0 aliphatic carbocycles. The highest BCUT2D eigenvalue weighted by Crippen LogP contribution is 2.32. The van der Waals surface area contributed by atoms with E-state index in [4.69, 9.17) is 0 Å². The fraction of sp³-hybridized carbons (Fsp3) is 0.833. The second-order valence-corrected chi connectivity index (χ2v) is 5.22. The molecule has 0 radical (unpaired) electrons. The lowest BCUT2D eigenvalue weighted by molar-refractivity contribution is -0.00375.